The van der Waals surface area contributed by atoms with Crippen LogP contribution in [-0.4, -0.2) is 6.21 Å². The lowest BCUT2D eigenvalue weighted by atomic mass is 10.1. The third-order valence-corrected chi connectivity index (χ3v) is 2.58. The van der Waals surface area contributed by atoms with Crippen LogP contribution in [0.25, 0.3) is 0 Å². The Morgan fingerprint density at radius 2 is 1.70 bits per heavy atom. The molecule has 4 heteroatoms. The molecular formula is C16H11N3O. The zero-order valence-electron chi connectivity index (χ0n) is 10.7. The van der Waals surface area contributed by atoms with E-state index in [-0.39, 0.29) is 0 Å². The summed E-state index contributed by atoms with van der Waals surface area (Å²) in [7, 11) is 0. The molecule has 0 amide bonds. The fourth-order valence-electron chi connectivity index (χ4n) is 1.63. The molecule has 0 aliphatic carbocycles. The van der Waals surface area contributed by atoms with Crippen molar-refractivity contribution >= 4 is 6.21 Å². The Kier molecular flexibility index (Phi) is 4.48. The summed E-state index contributed by atoms with van der Waals surface area (Å²) in [6.45, 7) is 0.296. The summed E-state index contributed by atoms with van der Waals surface area (Å²) >= 11 is 0. The van der Waals surface area contributed by atoms with Crippen molar-refractivity contribution in [1.29, 1.82) is 10.5 Å². The molecule has 0 spiro atoms. The van der Waals surface area contributed by atoms with Gasteiger partial charge in [0.25, 0.3) is 0 Å². The van der Waals surface area contributed by atoms with E-state index in [0.29, 0.717) is 17.7 Å². The molecule has 0 bridgehead atoms. The van der Waals surface area contributed by atoms with Gasteiger partial charge in [-0.3, -0.25) is 0 Å². The SMILES string of the molecule is N#Cc1cccc(C=NOCc2cccc(C#N)c2)c1. The topological polar surface area (TPSA) is 69.2 Å². The highest BCUT2D eigenvalue weighted by Gasteiger charge is 1.95. The lowest BCUT2D eigenvalue weighted by molar-refractivity contribution is 0.132. The van der Waals surface area contributed by atoms with E-state index in [1.807, 2.05) is 12.1 Å². The molecule has 96 valence electrons. The second kappa shape index (κ2) is 6.72. The highest BCUT2D eigenvalue weighted by Crippen LogP contribution is 2.06. The summed E-state index contributed by atoms with van der Waals surface area (Å²) in [6, 6.07) is 18.4. The Morgan fingerprint density at radius 3 is 2.45 bits per heavy atom. The van der Waals surface area contributed by atoms with Gasteiger partial charge in [-0.25, -0.2) is 0 Å². The van der Waals surface area contributed by atoms with Gasteiger partial charge < -0.3 is 4.84 Å². The standard InChI is InChI=1S/C16H11N3O/c17-9-13-3-1-5-15(7-13)11-19-20-12-16-6-2-4-14(8-16)10-18/h1-8,11H,12H2. The van der Waals surface area contributed by atoms with E-state index in [2.05, 4.69) is 17.3 Å². The minimum atomic E-state index is 0.296. The molecule has 4 nitrogen and oxygen atoms in total. The third kappa shape index (κ3) is 3.69. The largest absolute Gasteiger partial charge is 0.391 e. The van der Waals surface area contributed by atoms with Gasteiger partial charge in [0.05, 0.1) is 29.5 Å². The van der Waals surface area contributed by atoms with Gasteiger partial charge in [0.1, 0.15) is 6.61 Å². The van der Waals surface area contributed by atoms with Crippen LogP contribution in [0.5, 0.6) is 0 Å². The van der Waals surface area contributed by atoms with Crippen molar-refractivity contribution in [3.63, 3.8) is 0 Å². The molecule has 0 radical (unpaired) electrons. The molecule has 2 rings (SSSR count). The summed E-state index contributed by atoms with van der Waals surface area (Å²) in [5.74, 6) is 0. The van der Waals surface area contributed by atoms with E-state index in [1.54, 1.807) is 42.6 Å². The first kappa shape index (κ1) is 13.3. The molecule has 0 heterocycles. The monoisotopic (exact) mass is 261 g/mol. The molecule has 0 aliphatic rings. The van der Waals surface area contributed by atoms with E-state index >= 15 is 0 Å². The second-order valence-corrected chi connectivity index (χ2v) is 4.06. The van der Waals surface area contributed by atoms with Crippen LogP contribution < -0.4 is 0 Å². The summed E-state index contributed by atoms with van der Waals surface area (Å²) in [5, 5.41) is 21.4. The molecule has 0 aliphatic heterocycles. The second-order valence-electron chi connectivity index (χ2n) is 4.06. The molecule has 0 atom stereocenters. The molecule has 0 fully saturated rings. The fraction of sp³-hybridized carbons (Fsp3) is 0.0625. The first-order valence-corrected chi connectivity index (χ1v) is 5.96. The van der Waals surface area contributed by atoms with Crippen LogP contribution in [-0.2, 0) is 11.4 Å². The number of rotatable bonds is 4. The van der Waals surface area contributed by atoms with Crippen LogP contribution in [0.3, 0.4) is 0 Å². The summed E-state index contributed by atoms with van der Waals surface area (Å²) < 4.78 is 0. The molecule has 0 saturated heterocycles. The number of oxime groups is 1. The number of hydrogen-bond donors (Lipinski definition) is 0. The Balaban J connectivity index is 1.93. The Labute approximate surface area is 117 Å². The maximum Gasteiger partial charge on any atom is 0.142 e. The van der Waals surface area contributed by atoms with Gasteiger partial charge in [0.15, 0.2) is 0 Å². The smallest absolute Gasteiger partial charge is 0.142 e. The van der Waals surface area contributed by atoms with Gasteiger partial charge in [-0.15, -0.1) is 0 Å². The van der Waals surface area contributed by atoms with Gasteiger partial charge in [-0.05, 0) is 35.4 Å². The minimum Gasteiger partial charge on any atom is -0.391 e. The van der Waals surface area contributed by atoms with Gasteiger partial charge in [-0.2, -0.15) is 10.5 Å². The summed E-state index contributed by atoms with van der Waals surface area (Å²) in [5.41, 5.74) is 2.86. The van der Waals surface area contributed by atoms with Gasteiger partial charge in [-0.1, -0.05) is 29.4 Å². The van der Waals surface area contributed by atoms with Crippen molar-refractivity contribution in [2.45, 2.75) is 6.61 Å². The highest BCUT2D eigenvalue weighted by molar-refractivity contribution is 5.79. The minimum absolute atomic E-state index is 0.296. The molecule has 0 aromatic heterocycles. The Hall–Kier alpha value is -3.11. The van der Waals surface area contributed by atoms with Gasteiger partial charge in [0, 0.05) is 0 Å². The van der Waals surface area contributed by atoms with Crippen molar-refractivity contribution in [2.75, 3.05) is 0 Å². The van der Waals surface area contributed by atoms with Crippen LogP contribution in [0.2, 0.25) is 0 Å². The predicted octanol–water partition coefficient (Wildman–Crippen LogP) is 2.98. The first-order valence-electron chi connectivity index (χ1n) is 5.96. The van der Waals surface area contributed by atoms with Crippen molar-refractivity contribution in [3.05, 3.63) is 70.8 Å². The number of hydrogen-bond acceptors (Lipinski definition) is 4. The summed E-state index contributed by atoms with van der Waals surface area (Å²) in [4.78, 5) is 5.17. The fourth-order valence-corrected chi connectivity index (χ4v) is 1.63. The Morgan fingerprint density at radius 1 is 1.00 bits per heavy atom. The van der Waals surface area contributed by atoms with Crippen molar-refractivity contribution in [3.8, 4) is 12.1 Å². The van der Waals surface area contributed by atoms with Crippen molar-refractivity contribution in [1.82, 2.24) is 0 Å². The van der Waals surface area contributed by atoms with Crippen LogP contribution in [0, 0.1) is 22.7 Å². The lowest BCUT2D eigenvalue weighted by Gasteiger charge is -2.00. The highest BCUT2D eigenvalue weighted by atomic mass is 16.6. The van der Waals surface area contributed by atoms with Gasteiger partial charge >= 0.3 is 0 Å². The zero-order chi connectivity index (χ0) is 14.2. The summed E-state index contributed by atoms with van der Waals surface area (Å²) in [6.07, 6.45) is 1.55. The average molecular weight is 261 g/mol. The van der Waals surface area contributed by atoms with Crippen molar-refractivity contribution < 1.29 is 4.84 Å². The lowest BCUT2D eigenvalue weighted by Crippen LogP contribution is -1.89. The average Bonchev–Trinajstić information content (AvgIpc) is 2.52. The predicted molar refractivity (Wildman–Crippen MR) is 74.7 cm³/mol. The van der Waals surface area contributed by atoms with Crippen LogP contribution in [0.4, 0.5) is 0 Å². The molecule has 20 heavy (non-hydrogen) atoms. The van der Waals surface area contributed by atoms with E-state index in [1.165, 1.54) is 0 Å². The maximum atomic E-state index is 8.78. The van der Waals surface area contributed by atoms with E-state index < -0.39 is 0 Å². The molecule has 2 aromatic carbocycles. The number of nitriles is 2. The molecule has 0 saturated carbocycles. The quantitative estimate of drug-likeness (QED) is 0.627. The molecule has 2 aromatic rings. The molecular weight excluding hydrogens is 250 g/mol. The van der Waals surface area contributed by atoms with Crippen molar-refractivity contribution in [2.24, 2.45) is 5.16 Å². The first-order chi connectivity index (χ1) is 9.81. The number of benzene rings is 2. The van der Waals surface area contributed by atoms with E-state index in [0.717, 1.165) is 11.1 Å². The molecule has 0 N–H and O–H groups in total. The van der Waals surface area contributed by atoms with Crippen LogP contribution >= 0.6 is 0 Å². The Bertz CT molecular complexity index is 708. The van der Waals surface area contributed by atoms with E-state index in [4.69, 9.17) is 15.4 Å². The van der Waals surface area contributed by atoms with Gasteiger partial charge in [0.2, 0.25) is 0 Å². The number of nitrogens with zero attached hydrogens (tertiary/aromatic N) is 3. The van der Waals surface area contributed by atoms with Crippen LogP contribution in [0.1, 0.15) is 22.3 Å². The van der Waals surface area contributed by atoms with Crippen LogP contribution in [0.15, 0.2) is 53.7 Å². The zero-order valence-corrected chi connectivity index (χ0v) is 10.7. The third-order valence-electron chi connectivity index (χ3n) is 2.58. The molecule has 0 unspecified atom stereocenters. The maximum absolute atomic E-state index is 8.78. The normalized spacial score (nSPS) is 9.90. The van der Waals surface area contributed by atoms with E-state index in [9.17, 15) is 0 Å².